The number of benzene rings is 1. The lowest BCUT2D eigenvalue weighted by Crippen LogP contribution is -2.10. The van der Waals surface area contributed by atoms with Crippen molar-refractivity contribution in [2.75, 3.05) is 13.7 Å². The quantitative estimate of drug-likeness (QED) is 0.694. The Kier molecular flexibility index (Phi) is 6.26. The first-order chi connectivity index (χ1) is 8.71. The molecule has 0 aromatic heterocycles. The second-order valence-electron chi connectivity index (χ2n) is 4.30. The average Bonchev–Trinajstić information content (AvgIpc) is 2.42. The maximum atomic E-state index is 11.6. The van der Waals surface area contributed by atoms with Crippen molar-refractivity contribution < 1.29 is 14.3 Å². The number of esters is 1. The molecular weight excluding hydrogens is 228 g/mol. The van der Waals surface area contributed by atoms with E-state index < -0.39 is 0 Å². The Morgan fingerprint density at radius 1 is 1.22 bits per heavy atom. The summed E-state index contributed by atoms with van der Waals surface area (Å²) in [7, 11) is 1.65. The molecule has 0 saturated carbocycles. The van der Waals surface area contributed by atoms with Crippen molar-refractivity contribution in [3.05, 3.63) is 29.8 Å². The van der Waals surface area contributed by atoms with Crippen LogP contribution in [0.2, 0.25) is 0 Å². The Labute approximate surface area is 109 Å². The summed E-state index contributed by atoms with van der Waals surface area (Å²) in [4.78, 5) is 11.6. The van der Waals surface area contributed by atoms with E-state index in [-0.39, 0.29) is 11.9 Å². The van der Waals surface area contributed by atoms with Gasteiger partial charge in [-0.2, -0.15) is 0 Å². The number of rotatable bonds is 7. The van der Waals surface area contributed by atoms with Crippen LogP contribution in [0, 0.1) is 0 Å². The Morgan fingerprint density at radius 3 is 2.39 bits per heavy atom. The van der Waals surface area contributed by atoms with Crippen molar-refractivity contribution >= 4 is 5.97 Å². The third kappa shape index (κ3) is 4.40. The van der Waals surface area contributed by atoms with E-state index in [1.54, 1.807) is 7.11 Å². The van der Waals surface area contributed by atoms with Crippen molar-refractivity contribution in [1.82, 2.24) is 0 Å². The minimum atomic E-state index is -0.112. The summed E-state index contributed by atoms with van der Waals surface area (Å²) in [5, 5.41) is 0. The van der Waals surface area contributed by atoms with Crippen LogP contribution in [0.3, 0.4) is 0 Å². The predicted molar refractivity (Wildman–Crippen MR) is 71.9 cm³/mol. The van der Waals surface area contributed by atoms with Gasteiger partial charge in [0.2, 0.25) is 0 Å². The van der Waals surface area contributed by atoms with Crippen LogP contribution < -0.4 is 4.74 Å². The fourth-order valence-electron chi connectivity index (χ4n) is 1.85. The van der Waals surface area contributed by atoms with Crippen LogP contribution in [0.1, 0.15) is 44.6 Å². The van der Waals surface area contributed by atoms with Crippen LogP contribution >= 0.6 is 0 Å². The van der Waals surface area contributed by atoms with Crippen molar-refractivity contribution in [2.24, 2.45) is 0 Å². The molecule has 0 fully saturated rings. The van der Waals surface area contributed by atoms with Crippen molar-refractivity contribution in [3.63, 3.8) is 0 Å². The molecule has 3 nitrogen and oxygen atoms in total. The molecule has 0 aliphatic heterocycles. The van der Waals surface area contributed by atoms with Gasteiger partial charge in [-0.25, -0.2) is 0 Å². The van der Waals surface area contributed by atoms with E-state index in [9.17, 15) is 4.79 Å². The molecule has 1 atom stereocenters. The van der Waals surface area contributed by atoms with Crippen LogP contribution in [0.15, 0.2) is 24.3 Å². The van der Waals surface area contributed by atoms with E-state index in [2.05, 4.69) is 6.92 Å². The standard InChI is InChI=1S/C15H22O3/c1-4-10-18-15(16)11-12(5-2)13-6-8-14(17-3)9-7-13/h6-9,12H,4-5,10-11H2,1-3H3. The van der Waals surface area contributed by atoms with Crippen molar-refractivity contribution in [1.29, 1.82) is 0 Å². The summed E-state index contributed by atoms with van der Waals surface area (Å²) >= 11 is 0. The highest BCUT2D eigenvalue weighted by Gasteiger charge is 2.15. The van der Waals surface area contributed by atoms with Crippen molar-refractivity contribution in [2.45, 2.75) is 39.0 Å². The zero-order chi connectivity index (χ0) is 13.4. The van der Waals surface area contributed by atoms with Crippen LogP contribution in [0.4, 0.5) is 0 Å². The summed E-state index contributed by atoms with van der Waals surface area (Å²) in [6.07, 6.45) is 2.24. The first kappa shape index (κ1) is 14.6. The minimum Gasteiger partial charge on any atom is -0.497 e. The van der Waals surface area contributed by atoms with Crippen molar-refractivity contribution in [3.8, 4) is 5.75 Å². The SMILES string of the molecule is CCCOC(=O)CC(CC)c1ccc(OC)cc1. The maximum absolute atomic E-state index is 11.6. The number of carbonyl (C=O) groups is 1. The van der Waals surface area contributed by atoms with Crippen LogP contribution in [0.25, 0.3) is 0 Å². The maximum Gasteiger partial charge on any atom is 0.306 e. The van der Waals surface area contributed by atoms with Gasteiger partial charge in [-0.05, 0) is 36.5 Å². The first-order valence-electron chi connectivity index (χ1n) is 6.50. The van der Waals surface area contributed by atoms with E-state index >= 15 is 0 Å². The lowest BCUT2D eigenvalue weighted by atomic mass is 9.93. The fourth-order valence-corrected chi connectivity index (χ4v) is 1.85. The van der Waals surface area contributed by atoms with Gasteiger partial charge in [0.1, 0.15) is 5.75 Å². The van der Waals surface area contributed by atoms with Gasteiger partial charge < -0.3 is 9.47 Å². The van der Waals surface area contributed by atoms with Crippen LogP contribution in [-0.4, -0.2) is 19.7 Å². The molecular formula is C15H22O3. The topological polar surface area (TPSA) is 35.5 Å². The van der Waals surface area contributed by atoms with Crippen LogP contribution in [-0.2, 0) is 9.53 Å². The molecule has 0 amide bonds. The molecule has 18 heavy (non-hydrogen) atoms. The predicted octanol–water partition coefficient (Wildman–Crippen LogP) is 3.53. The first-order valence-corrected chi connectivity index (χ1v) is 6.50. The number of hydrogen-bond acceptors (Lipinski definition) is 3. The van der Waals surface area contributed by atoms with Gasteiger partial charge in [-0.3, -0.25) is 4.79 Å². The molecule has 0 saturated heterocycles. The van der Waals surface area contributed by atoms with E-state index in [0.29, 0.717) is 13.0 Å². The summed E-state index contributed by atoms with van der Waals surface area (Å²) in [6, 6.07) is 7.88. The van der Waals surface area contributed by atoms with Gasteiger partial charge in [-0.15, -0.1) is 0 Å². The van der Waals surface area contributed by atoms with Gasteiger partial charge in [0.15, 0.2) is 0 Å². The Balaban J connectivity index is 2.61. The molecule has 1 aromatic rings. The number of hydrogen-bond donors (Lipinski definition) is 0. The lowest BCUT2D eigenvalue weighted by Gasteiger charge is -2.15. The van der Waals surface area contributed by atoms with Gasteiger partial charge in [0, 0.05) is 0 Å². The Morgan fingerprint density at radius 2 is 1.89 bits per heavy atom. The number of carbonyl (C=O) groups excluding carboxylic acids is 1. The van der Waals surface area contributed by atoms with Gasteiger partial charge in [-0.1, -0.05) is 26.0 Å². The zero-order valence-electron chi connectivity index (χ0n) is 11.4. The highest BCUT2D eigenvalue weighted by Crippen LogP contribution is 2.25. The molecule has 3 heteroatoms. The third-order valence-electron chi connectivity index (χ3n) is 2.96. The molecule has 0 N–H and O–H groups in total. The second kappa shape index (κ2) is 7.75. The number of methoxy groups -OCH3 is 1. The van der Waals surface area contributed by atoms with E-state index in [0.717, 1.165) is 24.2 Å². The van der Waals surface area contributed by atoms with E-state index in [1.807, 2.05) is 31.2 Å². The summed E-state index contributed by atoms with van der Waals surface area (Å²) in [5.74, 6) is 0.946. The second-order valence-corrected chi connectivity index (χ2v) is 4.30. The highest BCUT2D eigenvalue weighted by atomic mass is 16.5. The van der Waals surface area contributed by atoms with E-state index in [1.165, 1.54) is 0 Å². The lowest BCUT2D eigenvalue weighted by molar-refractivity contribution is -0.144. The smallest absolute Gasteiger partial charge is 0.306 e. The van der Waals surface area contributed by atoms with Gasteiger partial charge in [0.25, 0.3) is 0 Å². The molecule has 0 bridgehead atoms. The highest BCUT2D eigenvalue weighted by molar-refractivity contribution is 5.70. The minimum absolute atomic E-state index is 0.112. The Bertz CT molecular complexity index is 357. The normalized spacial score (nSPS) is 11.9. The molecule has 0 aliphatic carbocycles. The van der Waals surface area contributed by atoms with Crippen LogP contribution in [0.5, 0.6) is 5.75 Å². The molecule has 0 spiro atoms. The largest absolute Gasteiger partial charge is 0.497 e. The summed E-state index contributed by atoms with van der Waals surface area (Å²) < 4.78 is 10.3. The molecule has 0 heterocycles. The summed E-state index contributed by atoms with van der Waals surface area (Å²) in [5.41, 5.74) is 1.16. The zero-order valence-corrected chi connectivity index (χ0v) is 11.4. The molecule has 0 aliphatic rings. The third-order valence-corrected chi connectivity index (χ3v) is 2.96. The molecule has 1 rings (SSSR count). The van der Waals surface area contributed by atoms with Gasteiger partial charge >= 0.3 is 5.97 Å². The van der Waals surface area contributed by atoms with E-state index in [4.69, 9.17) is 9.47 Å². The van der Waals surface area contributed by atoms with Gasteiger partial charge in [0.05, 0.1) is 20.1 Å². The molecule has 0 radical (unpaired) electrons. The molecule has 1 unspecified atom stereocenters. The number of ether oxygens (including phenoxy) is 2. The molecule has 100 valence electrons. The monoisotopic (exact) mass is 250 g/mol. The average molecular weight is 250 g/mol. The Hall–Kier alpha value is -1.51. The molecule has 1 aromatic carbocycles. The summed E-state index contributed by atoms with van der Waals surface area (Å²) in [6.45, 7) is 4.59. The fraction of sp³-hybridized carbons (Fsp3) is 0.533.